The Morgan fingerprint density at radius 2 is 2.00 bits per heavy atom. The average Bonchev–Trinajstić information content (AvgIpc) is 2.90. The molecule has 1 saturated heterocycles. The van der Waals surface area contributed by atoms with Crippen molar-refractivity contribution in [3.05, 3.63) is 35.5 Å². The number of aryl methyl sites for hydroxylation is 1. The lowest BCUT2D eigenvalue weighted by atomic mass is 10.0. The minimum atomic E-state index is -0.504. The number of benzene rings is 1. The second-order valence-corrected chi connectivity index (χ2v) is 7.36. The van der Waals surface area contributed by atoms with Crippen LogP contribution in [0.3, 0.4) is 0 Å². The summed E-state index contributed by atoms with van der Waals surface area (Å²) in [6.07, 6.45) is 4.70. The maximum Gasteiger partial charge on any atom is 0.292 e. The van der Waals surface area contributed by atoms with Gasteiger partial charge < -0.3 is 14.8 Å². The number of ketones is 1. The van der Waals surface area contributed by atoms with Gasteiger partial charge >= 0.3 is 0 Å². The Kier molecular flexibility index (Phi) is 5.77. The van der Waals surface area contributed by atoms with Crippen molar-refractivity contribution in [2.24, 2.45) is 7.05 Å². The zero-order valence-corrected chi connectivity index (χ0v) is 16.0. The van der Waals surface area contributed by atoms with Crippen molar-refractivity contribution in [3.8, 4) is 0 Å². The van der Waals surface area contributed by atoms with Gasteiger partial charge in [-0.1, -0.05) is 24.6 Å². The lowest BCUT2D eigenvalue weighted by molar-refractivity contribution is -0.117. The third kappa shape index (κ3) is 3.68. The van der Waals surface area contributed by atoms with E-state index < -0.39 is 11.7 Å². The van der Waals surface area contributed by atoms with Crippen molar-refractivity contribution in [2.75, 3.05) is 19.6 Å². The molecule has 0 spiro atoms. The maximum absolute atomic E-state index is 12.7. The number of likely N-dealkylation sites (tertiary alicyclic amines) is 1. The van der Waals surface area contributed by atoms with Gasteiger partial charge in [-0.2, -0.15) is 0 Å². The van der Waals surface area contributed by atoms with Crippen LogP contribution in [0.2, 0.25) is 0 Å². The molecule has 5 heteroatoms. The van der Waals surface area contributed by atoms with E-state index in [9.17, 15) is 9.59 Å². The van der Waals surface area contributed by atoms with Gasteiger partial charge in [0.2, 0.25) is 0 Å². The summed E-state index contributed by atoms with van der Waals surface area (Å²) >= 11 is 0. The van der Waals surface area contributed by atoms with Gasteiger partial charge in [-0.05, 0) is 45.7 Å². The van der Waals surface area contributed by atoms with Crippen LogP contribution in [0, 0.1) is 6.92 Å². The van der Waals surface area contributed by atoms with E-state index in [1.54, 1.807) is 0 Å². The molecule has 140 valence electrons. The first kappa shape index (κ1) is 18.6. The molecule has 2 aromatic rings. The minimum absolute atomic E-state index is 0.439. The number of carbonyl (C=O) groups is 2. The van der Waals surface area contributed by atoms with Crippen molar-refractivity contribution >= 4 is 22.6 Å². The third-order valence-corrected chi connectivity index (χ3v) is 5.68. The number of piperidine rings is 1. The number of Topliss-reactive ketones (excluding diaryl/α,β-unsaturated/α-hetero) is 1. The van der Waals surface area contributed by atoms with Crippen LogP contribution in [0.25, 0.3) is 10.9 Å². The van der Waals surface area contributed by atoms with Gasteiger partial charge in [-0.3, -0.25) is 9.59 Å². The molecule has 0 saturated carbocycles. The number of hydrogen-bond acceptors (Lipinski definition) is 3. The average molecular weight is 355 g/mol. The number of aromatic nitrogens is 1. The topological polar surface area (TPSA) is 54.3 Å². The first-order chi connectivity index (χ1) is 12.5. The fraction of sp³-hybridized carbons (Fsp3) is 0.524. The highest BCUT2D eigenvalue weighted by Crippen LogP contribution is 2.25. The Morgan fingerprint density at radius 1 is 1.23 bits per heavy atom. The first-order valence-corrected chi connectivity index (χ1v) is 9.61. The number of amides is 1. The van der Waals surface area contributed by atoms with Crippen molar-refractivity contribution in [2.45, 2.75) is 45.6 Å². The summed E-state index contributed by atoms with van der Waals surface area (Å²) in [6.45, 7) is 6.81. The van der Waals surface area contributed by atoms with E-state index in [1.807, 2.05) is 42.8 Å². The second-order valence-electron chi connectivity index (χ2n) is 7.36. The molecule has 5 nitrogen and oxygen atoms in total. The molecular weight excluding hydrogens is 326 g/mol. The molecule has 0 bridgehead atoms. The highest BCUT2D eigenvalue weighted by molar-refractivity contribution is 6.45. The van der Waals surface area contributed by atoms with Crippen molar-refractivity contribution < 1.29 is 9.59 Å². The maximum atomic E-state index is 12.7. The third-order valence-electron chi connectivity index (χ3n) is 5.68. The number of nitrogens with zero attached hydrogens (tertiary/aromatic N) is 2. The van der Waals surface area contributed by atoms with E-state index in [4.69, 9.17) is 0 Å². The molecule has 1 amide bonds. The monoisotopic (exact) mass is 355 g/mol. The predicted octanol–water partition coefficient (Wildman–Crippen LogP) is 3.05. The van der Waals surface area contributed by atoms with E-state index in [2.05, 4.69) is 17.1 Å². The zero-order chi connectivity index (χ0) is 18.7. The van der Waals surface area contributed by atoms with E-state index in [-0.39, 0.29) is 0 Å². The molecule has 1 aliphatic heterocycles. The fourth-order valence-corrected chi connectivity index (χ4v) is 3.98. The SMILES string of the molecule is Cc1c(C(=O)C(=O)NCCCN2CCCC[C@@H]2C)c2ccccc2n1C. The smallest absolute Gasteiger partial charge is 0.292 e. The Balaban J connectivity index is 1.59. The number of nitrogens with one attached hydrogen (secondary N) is 1. The second kappa shape index (κ2) is 8.04. The van der Waals surface area contributed by atoms with Gasteiger partial charge in [0.05, 0.1) is 5.56 Å². The van der Waals surface area contributed by atoms with Crippen LogP contribution >= 0.6 is 0 Å². The lowest BCUT2D eigenvalue weighted by Crippen LogP contribution is -2.40. The normalized spacial score (nSPS) is 18.2. The first-order valence-electron chi connectivity index (χ1n) is 9.61. The van der Waals surface area contributed by atoms with E-state index in [0.717, 1.165) is 36.1 Å². The number of fused-ring (bicyclic) bond motifs is 1. The van der Waals surface area contributed by atoms with E-state index in [1.165, 1.54) is 19.3 Å². The Hall–Kier alpha value is -2.14. The minimum Gasteiger partial charge on any atom is -0.349 e. The van der Waals surface area contributed by atoms with Gasteiger partial charge in [0.25, 0.3) is 11.7 Å². The Labute approximate surface area is 155 Å². The highest BCUT2D eigenvalue weighted by Gasteiger charge is 2.24. The predicted molar refractivity (Wildman–Crippen MR) is 104 cm³/mol. The number of hydrogen-bond donors (Lipinski definition) is 1. The van der Waals surface area contributed by atoms with Crippen LogP contribution in [0.15, 0.2) is 24.3 Å². The Bertz CT molecular complexity index is 809. The standard InChI is InChI=1S/C21H29N3O2/c1-15-9-6-7-13-24(15)14-8-12-22-21(26)20(25)19-16(2)23(3)18-11-5-4-10-17(18)19/h4-5,10-11,15H,6-9,12-14H2,1-3H3,(H,22,26)/t15-/m0/s1. The van der Waals surface area contributed by atoms with Crippen LogP contribution in [0.5, 0.6) is 0 Å². The van der Waals surface area contributed by atoms with Crippen LogP contribution in [-0.4, -0.2) is 46.8 Å². The van der Waals surface area contributed by atoms with Crippen molar-refractivity contribution in [1.82, 2.24) is 14.8 Å². The molecule has 1 aromatic heterocycles. The molecule has 3 rings (SSSR count). The molecule has 1 fully saturated rings. The van der Waals surface area contributed by atoms with Crippen LogP contribution < -0.4 is 5.32 Å². The number of carbonyl (C=O) groups excluding carboxylic acids is 2. The molecule has 1 N–H and O–H groups in total. The summed E-state index contributed by atoms with van der Waals surface area (Å²) in [5.41, 5.74) is 2.32. The van der Waals surface area contributed by atoms with E-state index in [0.29, 0.717) is 18.2 Å². The molecule has 1 atom stereocenters. The molecular formula is C21H29N3O2. The fourth-order valence-electron chi connectivity index (χ4n) is 3.98. The van der Waals surface area contributed by atoms with Gasteiger partial charge in [0.1, 0.15) is 0 Å². The molecule has 2 heterocycles. The van der Waals surface area contributed by atoms with E-state index >= 15 is 0 Å². The molecule has 26 heavy (non-hydrogen) atoms. The number of para-hydroxylation sites is 1. The summed E-state index contributed by atoms with van der Waals surface area (Å²) < 4.78 is 1.97. The zero-order valence-electron chi connectivity index (χ0n) is 16.0. The summed E-state index contributed by atoms with van der Waals surface area (Å²) in [4.78, 5) is 27.6. The van der Waals surface area contributed by atoms with Gasteiger partial charge in [-0.15, -0.1) is 0 Å². The van der Waals surface area contributed by atoms with Crippen LogP contribution in [-0.2, 0) is 11.8 Å². The van der Waals surface area contributed by atoms with Crippen molar-refractivity contribution in [3.63, 3.8) is 0 Å². The summed E-state index contributed by atoms with van der Waals surface area (Å²) in [5, 5.41) is 3.65. The highest BCUT2D eigenvalue weighted by atomic mass is 16.2. The molecule has 1 aromatic carbocycles. The summed E-state index contributed by atoms with van der Waals surface area (Å²) in [7, 11) is 1.92. The molecule has 0 aliphatic carbocycles. The van der Waals surface area contributed by atoms with Crippen LogP contribution in [0.1, 0.15) is 48.7 Å². The van der Waals surface area contributed by atoms with Gasteiger partial charge in [-0.25, -0.2) is 0 Å². The lowest BCUT2D eigenvalue weighted by Gasteiger charge is -2.33. The van der Waals surface area contributed by atoms with Crippen molar-refractivity contribution in [1.29, 1.82) is 0 Å². The molecule has 0 unspecified atom stereocenters. The molecule has 1 aliphatic rings. The quantitative estimate of drug-likeness (QED) is 0.492. The summed E-state index contributed by atoms with van der Waals surface area (Å²) in [6, 6.07) is 8.34. The Morgan fingerprint density at radius 3 is 2.77 bits per heavy atom. The van der Waals surface area contributed by atoms with Gasteiger partial charge in [0.15, 0.2) is 0 Å². The molecule has 0 radical (unpaired) electrons. The summed E-state index contributed by atoms with van der Waals surface area (Å²) in [5.74, 6) is -0.943. The largest absolute Gasteiger partial charge is 0.349 e. The van der Waals surface area contributed by atoms with Gasteiger partial charge in [0, 0.05) is 42.8 Å². The number of rotatable bonds is 6. The van der Waals surface area contributed by atoms with Crippen LogP contribution in [0.4, 0.5) is 0 Å².